The Morgan fingerprint density at radius 3 is 2.13 bits per heavy atom. The van der Waals surface area contributed by atoms with Crippen molar-refractivity contribution in [2.24, 2.45) is 0 Å². The summed E-state index contributed by atoms with van der Waals surface area (Å²) in [6.07, 6.45) is -8.17. The second-order valence-corrected chi connectivity index (χ2v) is 12.8. The lowest BCUT2D eigenvalue weighted by molar-refractivity contribution is -0.163. The molecule has 2 aliphatic rings. The number of nitrogens with one attached hydrogen (secondary N) is 1. The average Bonchev–Trinajstić information content (AvgIpc) is 2.95. The Hall–Kier alpha value is -3.39. The van der Waals surface area contributed by atoms with Gasteiger partial charge in [0.25, 0.3) is 0 Å². The summed E-state index contributed by atoms with van der Waals surface area (Å²) in [7, 11) is 0. The number of piperazine rings is 1. The number of carbonyl (C=O) groups is 2. The number of alkyl halides is 6. The van der Waals surface area contributed by atoms with Crippen LogP contribution in [0.25, 0.3) is 6.08 Å². The molecule has 0 aromatic heterocycles. The Morgan fingerprint density at radius 2 is 1.53 bits per heavy atom. The quantitative estimate of drug-likeness (QED) is 0.255. The van der Waals surface area contributed by atoms with Crippen molar-refractivity contribution in [3.05, 3.63) is 59.2 Å². The Bertz CT molecular complexity index is 1390. The summed E-state index contributed by atoms with van der Waals surface area (Å²) in [5.41, 5.74) is -4.53. The summed E-state index contributed by atoms with van der Waals surface area (Å²) in [5.74, 6) is -0.687. The van der Waals surface area contributed by atoms with Crippen molar-refractivity contribution in [3.8, 4) is 0 Å². The normalized spacial score (nSPS) is 17.1. The zero-order chi connectivity index (χ0) is 33.0. The molecule has 0 aliphatic carbocycles. The lowest BCUT2D eigenvalue weighted by atomic mass is 9.99. The van der Waals surface area contributed by atoms with Crippen molar-refractivity contribution < 1.29 is 45.4 Å². The molecule has 4 rings (SSSR count). The smallest absolute Gasteiger partial charge is 0.418 e. The topological polar surface area (TPSA) is 71.1 Å². The molecular weight excluding hydrogens is 624 g/mol. The molecule has 2 aromatic rings. The van der Waals surface area contributed by atoms with E-state index in [-0.39, 0.29) is 32.2 Å². The molecule has 2 fully saturated rings. The fraction of sp³-hybridized carbons (Fsp3) is 0.484. The standard InChI is InChI=1S/C31H35F6N3O4S/c1-29(2,3)44-28(42)40-15-13-39(14-16-40)25(41)10-8-20-7-9-24(27(31(35,36)37)26(20)30(32,33)34)45-23-6-4-5-22(19-23)38-21-11-17-43-18-12-21/h4-10,19,21,38H,11-18H2,1-3H3/b10-8+. The number of carbonyl (C=O) groups excluding carboxylic acids is 2. The number of hydrogen-bond acceptors (Lipinski definition) is 6. The van der Waals surface area contributed by atoms with Crippen LogP contribution in [-0.2, 0) is 26.6 Å². The zero-order valence-electron chi connectivity index (χ0n) is 25.1. The maximum absolute atomic E-state index is 14.3. The molecule has 0 saturated carbocycles. The van der Waals surface area contributed by atoms with Crippen LogP contribution in [0.15, 0.2) is 52.3 Å². The Kier molecular flexibility index (Phi) is 10.7. The molecular formula is C31H35F6N3O4S. The molecule has 1 N–H and O–H groups in total. The molecule has 2 amide bonds. The fourth-order valence-corrected chi connectivity index (χ4v) is 6.01. The van der Waals surface area contributed by atoms with E-state index in [1.54, 1.807) is 39.0 Å². The van der Waals surface area contributed by atoms with E-state index in [0.29, 0.717) is 35.6 Å². The Labute approximate surface area is 261 Å². The van der Waals surface area contributed by atoms with E-state index in [1.165, 1.54) is 15.9 Å². The first kappa shape index (κ1) is 34.5. The maximum Gasteiger partial charge on any atom is 0.418 e. The van der Waals surface area contributed by atoms with Crippen LogP contribution in [0.3, 0.4) is 0 Å². The molecule has 7 nitrogen and oxygen atoms in total. The monoisotopic (exact) mass is 659 g/mol. The van der Waals surface area contributed by atoms with Crippen LogP contribution in [0.4, 0.5) is 36.8 Å². The molecule has 2 aliphatic heterocycles. The Balaban J connectivity index is 1.55. The van der Waals surface area contributed by atoms with E-state index in [2.05, 4.69) is 5.32 Å². The number of hydrogen-bond donors (Lipinski definition) is 1. The van der Waals surface area contributed by atoms with E-state index in [0.717, 1.165) is 37.1 Å². The first-order chi connectivity index (χ1) is 21.0. The van der Waals surface area contributed by atoms with Gasteiger partial charge in [-0.05, 0) is 69.5 Å². The van der Waals surface area contributed by atoms with E-state index in [1.807, 2.05) is 0 Å². The van der Waals surface area contributed by atoms with Crippen LogP contribution in [0.2, 0.25) is 0 Å². The SMILES string of the molecule is CC(C)(C)OC(=O)N1CCN(C(=O)/C=C/c2ccc(Sc3cccc(NC4CCOCC4)c3)c(C(F)(F)F)c2C(F)(F)F)CC1. The molecule has 0 unspecified atom stereocenters. The third kappa shape index (κ3) is 9.55. The van der Waals surface area contributed by atoms with Crippen LogP contribution in [0, 0.1) is 0 Å². The molecule has 0 bridgehead atoms. The minimum absolute atomic E-state index is 0.0837. The van der Waals surface area contributed by atoms with Gasteiger partial charge >= 0.3 is 18.4 Å². The van der Waals surface area contributed by atoms with E-state index >= 15 is 0 Å². The van der Waals surface area contributed by atoms with Gasteiger partial charge in [-0.2, -0.15) is 26.3 Å². The van der Waals surface area contributed by atoms with Crippen LogP contribution in [0.1, 0.15) is 50.3 Å². The second kappa shape index (κ2) is 13.9. The number of ether oxygens (including phenoxy) is 2. The molecule has 14 heteroatoms. The van der Waals surface area contributed by atoms with Gasteiger partial charge in [-0.3, -0.25) is 4.79 Å². The summed E-state index contributed by atoms with van der Waals surface area (Å²) in [5, 5.41) is 3.30. The largest absolute Gasteiger partial charge is 0.444 e. The van der Waals surface area contributed by atoms with Crippen LogP contribution in [-0.4, -0.2) is 72.8 Å². The van der Waals surface area contributed by atoms with Crippen molar-refractivity contribution in [3.63, 3.8) is 0 Å². The summed E-state index contributed by atoms with van der Waals surface area (Å²) < 4.78 is 96.5. The van der Waals surface area contributed by atoms with Crippen LogP contribution < -0.4 is 5.32 Å². The van der Waals surface area contributed by atoms with E-state index in [4.69, 9.17) is 9.47 Å². The number of anilines is 1. The van der Waals surface area contributed by atoms with Gasteiger partial charge < -0.3 is 24.6 Å². The average molecular weight is 660 g/mol. The molecule has 0 radical (unpaired) electrons. The summed E-state index contributed by atoms with van der Waals surface area (Å²) in [6, 6.07) is 8.54. The molecule has 2 heterocycles. The third-order valence-corrected chi connectivity index (χ3v) is 8.12. The summed E-state index contributed by atoms with van der Waals surface area (Å²) in [4.78, 5) is 27.5. The number of rotatable bonds is 6. The van der Waals surface area contributed by atoms with Gasteiger partial charge in [0.15, 0.2) is 0 Å². The number of nitrogens with zero attached hydrogens (tertiary/aromatic N) is 2. The van der Waals surface area contributed by atoms with Gasteiger partial charge in [-0.25, -0.2) is 4.79 Å². The maximum atomic E-state index is 14.3. The molecule has 246 valence electrons. The van der Waals surface area contributed by atoms with E-state index < -0.39 is 51.5 Å². The summed E-state index contributed by atoms with van der Waals surface area (Å²) in [6.45, 7) is 6.74. The van der Waals surface area contributed by atoms with Crippen molar-refractivity contribution in [1.82, 2.24) is 9.80 Å². The molecule has 0 spiro atoms. The number of benzene rings is 2. The lowest BCUT2D eigenvalue weighted by Gasteiger charge is -2.35. The van der Waals surface area contributed by atoms with Crippen molar-refractivity contribution in [2.45, 2.75) is 67.4 Å². The predicted molar refractivity (Wildman–Crippen MR) is 158 cm³/mol. The fourth-order valence-electron chi connectivity index (χ4n) is 4.97. The molecule has 2 saturated heterocycles. The third-order valence-electron chi connectivity index (χ3n) is 7.07. The van der Waals surface area contributed by atoms with Gasteiger partial charge in [0.05, 0.1) is 11.1 Å². The van der Waals surface area contributed by atoms with Gasteiger partial charge in [0.2, 0.25) is 5.91 Å². The zero-order valence-corrected chi connectivity index (χ0v) is 25.9. The predicted octanol–water partition coefficient (Wildman–Crippen LogP) is 7.56. The van der Waals surface area contributed by atoms with Gasteiger partial charge in [-0.15, -0.1) is 0 Å². The minimum Gasteiger partial charge on any atom is -0.444 e. The highest BCUT2D eigenvalue weighted by molar-refractivity contribution is 7.99. The molecule has 2 aromatic carbocycles. The lowest BCUT2D eigenvalue weighted by Crippen LogP contribution is -2.51. The number of halogens is 6. The van der Waals surface area contributed by atoms with Crippen LogP contribution in [0.5, 0.6) is 0 Å². The highest BCUT2D eigenvalue weighted by Crippen LogP contribution is 2.48. The highest BCUT2D eigenvalue weighted by Gasteiger charge is 2.46. The molecule has 45 heavy (non-hydrogen) atoms. The van der Waals surface area contributed by atoms with Crippen LogP contribution >= 0.6 is 11.8 Å². The highest BCUT2D eigenvalue weighted by atomic mass is 32.2. The minimum atomic E-state index is -5.37. The Morgan fingerprint density at radius 1 is 0.911 bits per heavy atom. The number of amides is 2. The second-order valence-electron chi connectivity index (χ2n) is 11.7. The molecule has 0 atom stereocenters. The van der Waals surface area contributed by atoms with Crippen molar-refractivity contribution >= 4 is 35.5 Å². The van der Waals surface area contributed by atoms with Gasteiger partial charge in [0.1, 0.15) is 5.60 Å². The van der Waals surface area contributed by atoms with Crippen molar-refractivity contribution in [1.29, 1.82) is 0 Å². The van der Waals surface area contributed by atoms with Crippen molar-refractivity contribution in [2.75, 3.05) is 44.7 Å². The van der Waals surface area contributed by atoms with Gasteiger partial charge in [-0.1, -0.05) is 23.9 Å². The van der Waals surface area contributed by atoms with Gasteiger partial charge in [0, 0.05) is 67.0 Å². The summed E-state index contributed by atoms with van der Waals surface area (Å²) >= 11 is 0.583. The first-order valence-electron chi connectivity index (χ1n) is 14.4. The first-order valence-corrected chi connectivity index (χ1v) is 15.2. The van der Waals surface area contributed by atoms with E-state index in [9.17, 15) is 35.9 Å².